The molecule has 0 bridgehead atoms. The number of benzene rings is 3. The third-order valence-corrected chi connectivity index (χ3v) is 8.26. The first-order valence-electron chi connectivity index (χ1n) is 11.9. The van der Waals surface area contributed by atoms with Crippen molar-refractivity contribution in [2.45, 2.75) is 56.5 Å². The number of nitrogens with one attached hydrogen (secondary N) is 1. The van der Waals surface area contributed by atoms with E-state index in [0.717, 1.165) is 0 Å². The quantitative estimate of drug-likeness (QED) is 0.344. The summed E-state index contributed by atoms with van der Waals surface area (Å²) in [5.74, 6) is 0.496. The van der Waals surface area contributed by atoms with E-state index in [1.807, 2.05) is 27.7 Å². The highest BCUT2D eigenvalue weighted by molar-refractivity contribution is 7.92. The van der Waals surface area contributed by atoms with E-state index < -0.39 is 27.0 Å². The number of rotatable bonds is 6. The van der Waals surface area contributed by atoms with Crippen molar-refractivity contribution in [3.8, 4) is 11.5 Å². The third kappa shape index (κ3) is 5.82. The number of nitrogens with zero attached hydrogens (tertiary/aromatic N) is 1. The highest BCUT2D eigenvalue weighted by atomic mass is 35.5. The van der Waals surface area contributed by atoms with E-state index in [0.29, 0.717) is 16.5 Å². The molecule has 0 aliphatic carbocycles. The number of ether oxygens (including phenoxy) is 1. The van der Waals surface area contributed by atoms with Crippen LogP contribution in [0.3, 0.4) is 0 Å². The van der Waals surface area contributed by atoms with Crippen LogP contribution in [-0.4, -0.2) is 36.1 Å². The molecule has 1 N–H and O–H groups in total. The lowest BCUT2D eigenvalue weighted by atomic mass is 9.78. The Kier molecular flexibility index (Phi) is 7.54. The van der Waals surface area contributed by atoms with Crippen molar-refractivity contribution in [2.75, 3.05) is 4.72 Å². The summed E-state index contributed by atoms with van der Waals surface area (Å²) >= 11 is 12.4. The first-order valence-corrected chi connectivity index (χ1v) is 14.1. The Morgan fingerprint density at radius 3 is 2.13 bits per heavy atom. The van der Waals surface area contributed by atoms with Gasteiger partial charge < -0.3 is 9.64 Å². The van der Waals surface area contributed by atoms with E-state index >= 15 is 0 Å². The summed E-state index contributed by atoms with van der Waals surface area (Å²) in [6.45, 7) is 7.30. The predicted octanol–water partition coefficient (Wildman–Crippen LogP) is 6.95. The van der Waals surface area contributed by atoms with Crippen molar-refractivity contribution in [1.82, 2.24) is 4.90 Å². The minimum Gasteiger partial charge on any atom is -0.456 e. The number of sulfonamides is 1. The molecular weight excluding hydrogens is 547 g/mol. The molecule has 0 unspecified atom stereocenters. The van der Waals surface area contributed by atoms with Crippen molar-refractivity contribution < 1.29 is 22.7 Å². The SMILES string of the molecule is CC1(C)CC(=O)CC(C)(C)N1C(=O)c1cc(Cl)ccc1NS(=O)(=O)c1ccc(Oc2ccccc2Cl)cc1. The molecule has 1 aliphatic rings. The number of Topliss-reactive ketones (excluding diaryl/α,β-unsaturated/α-hetero) is 1. The van der Waals surface area contributed by atoms with Crippen LogP contribution in [0.2, 0.25) is 10.0 Å². The fourth-order valence-corrected chi connectivity index (χ4v) is 6.43. The molecule has 200 valence electrons. The standard InChI is InChI=1S/C28H28Cl2N2O5S/c1-27(2)16-19(33)17-28(3,4)32(27)26(34)22-15-18(29)9-14-24(22)31-38(35,36)21-12-10-20(11-13-21)37-25-8-6-5-7-23(25)30/h5-15,31H,16-17H2,1-4H3. The Labute approximate surface area is 232 Å². The fraction of sp³-hybridized carbons (Fsp3) is 0.286. The number of carbonyl (C=O) groups is 2. The summed E-state index contributed by atoms with van der Waals surface area (Å²) in [5.41, 5.74) is -1.37. The minimum absolute atomic E-state index is 0.0263. The number of carbonyl (C=O) groups excluding carboxylic acids is 2. The normalized spacial score (nSPS) is 16.7. The molecule has 10 heteroatoms. The van der Waals surface area contributed by atoms with Gasteiger partial charge in [0.2, 0.25) is 0 Å². The van der Waals surface area contributed by atoms with Gasteiger partial charge in [0.15, 0.2) is 0 Å². The number of anilines is 1. The molecule has 1 saturated heterocycles. The number of hydrogen-bond acceptors (Lipinski definition) is 5. The van der Waals surface area contributed by atoms with E-state index in [4.69, 9.17) is 27.9 Å². The summed E-state index contributed by atoms with van der Waals surface area (Å²) in [7, 11) is -4.08. The van der Waals surface area contributed by atoms with Gasteiger partial charge in [-0.2, -0.15) is 0 Å². The van der Waals surface area contributed by atoms with Crippen molar-refractivity contribution in [3.05, 3.63) is 82.3 Å². The molecule has 1 fully saturated rings. The summed E-state index contributed by atoms with van der Waals surface area (Å²) in [6, 6.07) is 17.2. The van der Waals surface area contributed by atoms with Crippen LogP contribution >= 0.6 is 23.2 Å². The maximum atomic E-state index is 13.9. The number of amides is 1. The number of halogens is 2. The van der Waals surface area contributed by atoms with Crippen LogP contribution in [0.5, 0.6) is 11.5 Å². The average Bonchev–Trinajstić information content (AvgIpc) is 2.80. The summed E-state index contributed by atoms with van der Waals surface area (Å²) in [6.07, 6.45) is 0.402. The van der Waals surface area contributed by atoms with Crippen LogP contribution < -0.4 is 9.46 Å². The Hall–Kier alpha value is -3.07. The van der Waals surface area contributed by atoms with E-state index in [1.165, 1.54) is 42.5 Å². The van der Waals surface area contributed by atoms with Gasteiger partial charge in [-0.3, -0.25) is 14.3 Å². The Morgan fingerprint density at radius 2 is 1.53 bits per heavy atom. The summed E-state index contributed by atoms with van der Waals surface area (Å²) < 4.78 is 34.8. The number of hydrogen-bond donors (Lipinski definition) is 1. The fourth-order valence-electron chi connectivity index (χ4n) is 5.00. The largest absolute Gasteiger partial charge is 0.456 e. The lowest BCUT2D eigenvalue weighted by molar-refractivity contribution is -0.130. The van der Waals surface area contributed by atoms with Crippen molar-refractivity contribution in [1.29, 1.82) is 0 Å². The molecule has 0 spiro atoms. The van der Waals surface area contributed by atoms with Gasteiger partial charge in [-0.15, -0.1) is 0 Å². The van der Waals surface area contributed by atoms with Gasteiger partial charge in [-0.05, 0) is 82.3 Å². The molecule has 7 nitrogen and oxygen atoms in total. The van der Waals surface area contributed by atoms with Crippen LogP contribution in [0.15, 0.2) is 71.6 Å². The number of likely N-dealkylation sites (tertiary alicyclic amines) is 1. The van der Waals surface area contributed by atoms with Crippen LogP contribution in [0, 0.1) is 0 Å². The first kappa shape index (κ1) is 28.0. The molecule has 4 rings (SSSR count). The van der Waals surface area contributed by atoms with Crippen molar-refractivity contribution >= 4 is 50.6 Å². The van der Waals surface area contributed by atoms with E-state index in [2.05, 4.69) is 4.72 Å². The topological polar surface area (TPSA) is 92.8 Å². The van der Waals surface area contributed by atoms with Crippen LogP contribution in [0.4, 0.5) is 5.69 Å². The highest BCUT2D eigenvalue weighted by Gasteiger charge is 2.48. The lowest BCUT2D eigenvalue weighted by Gasteiger charge is -2.52. The Bertz CT molecular complexity index is 1480. The number of piperidine rings is 1. The third-order valence-electron chi connectivity index (χ3n) is 6.33. The molecule has 0 aromatic heterocycles. The molecule has 38 heavy (non-hydrogen) atoms. The molecular formula is C28H28Cl2N2O5S. The Balaban J connectivity index is 1.63. The molecule has 1 amide bonds. The maximum absolute atomic E-state index is 13.9. The van der Waals surface area contributed by atoms with Gasteiger partial charge in [0.05, 0.1) is 21.2 Å². The molecule has 0 radical (unpaired) electrons. The van der Waals surface area contributed by atoms with Gasteiger partial charge in [0.25, 0.3) is 15.9 Å². The summed E-state index contributed by atoms with van der Waals surface area (Å²) in [5, 5.41) is 0.705. The zero-order valence-electron chi connectivity index (χ0n) is 21.4. The first-order chi connectivity index (χ1) is 17.7. The molecule has 1 heterocycles. The van der Waals surface area contributed by atoms with Gasteiger partial charge in [0.1, 0.15) is 17.3 Å². The van der Waals surface area contributed by atoms with E-state index in [1.54, 1.807) is 29.2 Å². The van der Waals surface area contributed by atoms with Crippen LogP contribution in [-0.2, 0) is 14.8 Å². The molecule has 3 aromatic rings. The molecule has 0 atom stereocenters. The zero-order valence-corrected chi connectivity index (χ0v) is 23.7. The molecule has 0 saturated carbocycles. The lowest BCUT2D eigenvalue weighted by Crippen LogP contribution is -2.63. The van der Waals surface area contributed by atoms with Gasteiger partial charge >= 0.3 is 0 Å². The second kappa shape index (κ2) is 10.2. The second-order valence-corrected chi connectivity index (χ2v) is 13.0. The smallest absolute Gasteiger partial charge is 0.261 e. The van der Waals surface area contributed by atoms with Gasteiger partial charge in [0, 0.05) is 28.9 Å². The van der Waals surface area contributed by atoms with E-state index in [9.17, 15) is 18.0 Å². The zero-order chi connectivity index (χ0) is 27.9. The molecule has 1 aliphatic heterocycles. The predicted molar refractivity (Wildman–Crippen MR) is 149 cm³/mol. The number of para-hydroxylation sites is 1. The van der Waals surface area contributed by atoms with Gasteiger partial charge in [-0.1, -0.05) is 35.3 Å². The molecule has 3 aromatic carbocycles. The highest BCUT2D eigenvalue weighted by Crippen LogP contribution is 2.39. The van der Waals surface area contributed by atoms with Crippen LogP contribution in [0.25, 0.3) is 0 Å². The monoisotopic (exact) mass is 574 g/mol. The second-order valence-electron chi connectivity index (χ2n) is 10.5. The number of ketones is 1. The Morgan fingerprint density at radius 1 is 0.921 bits per heavy atom. The average molecular weight is 576 g/mol. The van der Waals surface area contributed by atoms with Gasteiger partial charge in [-0.25, -0.2) is 8.42 Å². The van der Waals surface area contributed by atoms with E-state index in [-0.39, 0.29) is 39.8 Å². The van der Waals surface area contributed by atoms with Crippen molar-refractivity contribution in [3.63, 3.8) is 0 Å². The minimum atomic E-state index is -4.08. The van der Waals surface area contributed by atoms with Crippen molar-refractivity contribution in [2.24, 2.45) is 0 Å². The maximum Gasteiger partial charge on any atom is 0.261 e. The summed E-state index contributed by atoms with van der Waals surface area (Å²) in [4.78, 5) is 27.8. The van der Waals surface area contributed by atoms with Crippen LogP contribution in [0.1, 0.15) is 50.9 Å².